The van der Waals surface area contributed by atoms with Crippen molar-refractivity contribution in [2.45, 2.75) is 29.9 Å². The van der Waals surface area contributed by atoms with E-state index in [-0.39, 0.29) is 24.0 Å². The predicted molar refractivity (Wildman–Crippen MR) is 137 cm³/mol. The quantitative estimate of drug-likeness (QED) is 0.277. The van der Waals surface area contributed by atoms with Gasteiger partial charge in [0.2, 0.25) is 0 Å². The van der Waals surface area contributed by atoms with E-state index in [0.717, 1.165) is 42.7 Å². The van der Waals surface area contributed by atoms with Crippen LogP contribution in [0.1, 0.15) is 36.0 Å². The molecule has 4 rings (SSSR count). The number of ether oxygens (including phenoxy) is 1. The molecule has 0 spiro atoms. The van der Waals surface area contributed by atoms with Gasteiger partial charge in [0.1, 0.15) is 5.75 Å². The van der Waals surface area contributed by atoms with Crippen LogP contribution < -0.4 is 4.74 Å². The van der Waals surface area contributed by atoms with Crippen LogP contribution in [0.15, 0.2) is 52.2 Å². The number of fused-ring (bicyclic) bond motifs is 1. The molecule has 0 aliphatic carbocycles. The van der Waals surface area contributed by atoms with Crippen LogP contribution in [0.5, 0.6) is 5.75 Å². The largest absolute Gasteiger partial charge is 0.497 e. The number of carboxylic acids is 1. The summed E-state index contributed by atoms with van der Waals surface area (Å²) in [5, 5.41) is 12.4. The molecule has 180 valence electrons. The molecule has 6 nitrogen and oxygen atoms in total. The zero-order valence-corrected chi connectivity index (χ0v) is 20.9. The first-order chi connectivity index (χ1) is 16.5. The maximum absolute atomic E-state index is 13.2. The second kappa shape index (κ2) is 11.8. The van der Waals surface area contributed by atoms with Gasteiger partial charge in [0.25, 0.3) is 0 Å². The van der Waals surface area contributed by atoms with Gasteiger partial charge in [-0.15, -0.1) is 23.1 Å². The Kier molecular flexibility index (Phi) is 8.59. The third-order valence-electron chi connectivity index (χ3n) is 6.55. The number of rotatable bonds is 11. The van der Waals surface area contributed by atoms with Crippen molar-refractivity contribution in [3.63, 3.8) is 0 Å². The average Bonchev–Trinajstić information content (AvgIpc) is 3.36. The summed E-state index contributed by atoms with van der Waals surface area (Å²) in [6, 6.07) is 11.5. The number of piperidine rings is 1. The molecule has 0 amide bonds. The van der Waals surface area contributed by atoms with Crippen LogP contribution >= 0.6 is 23.1 Å². The number of carbonyl (C=O) groups is 2. The van der Waals surface area contributed by atoms with E-state index in [1.165, 1.54) is 4.21 Å². The predicted octanol–water partition coefficient (Wildman–Crippen LogP) is 5.47. The van der Waals surface area contributed by atoms with Crippen LogP contribution in [0, 0.1) is 11.8 Å². The number of pyridine rings is 1. The molecule has 1 saturated heterocycles. The summed E-state index contributed by atoms with van der Waals surface area (Å²) >= 11 is 3.61. The number of likely N-dealkylation sites (tertiary alicyclic amines) is 1. The van der Waals surface area contributed by atoms with Crippen LogP contribution in [-0.2, 0) is 4.79 Å². The van der Waals surface area contributed by atoms with E-state index in [4.69, 9.17) is 4.74 Å². The number of hydrogen-bond acceptors (Lipinski definition) is 7. The van der Waals surface area contributed by atoms with Crippen molar-refractivity contribution in [2.24, 2.45) is 11.8 Å². The van der Waals surface area contributed by atoms with Crippen molar-refractivity contribution in [3.05, 3.63) is 53.5 Å². The van der Waals surface area contributed by atoms with E-state index in [1.54, 1.807) is 30.7 Å². The Labute approximate surface area is 208 Å². The average molecular weight is 499 g/mol. The lowest BCUT2D eigenvalue weighted by atomic mass is 9.79. The van der Waals surface area contributed by atoms with Crippen molar-refractivity contribution < 1.29 is 19.4 Å². The number of benzene rings is 1. The number of carbonyl (C=O) groups excluding carboxylic acids is 1. The van der Waals surface area contributed by atoms with Gasteiger partial charge in [-0.05, 0) is 66.9 Å². The van der Waals surface area contributed by atoms with Gasteiger partial charge in [-0.2, -0.15) is 0 Å². The summed E-state index contributed by atoms with van der Waals surface area (Å²) in [5.74, 6) is 1.32. The van der Waals surface area contributed by atoms with Crippen molar-refractivity contribution in [2.75, 3.05) is 32.5 Å². The Bertz CT molecular complexity index is 1120. The van der Waals surface area contributed by atoms with Gasteiger partial charge in [-0.25, -0.2) is 0 Å². The van der Waals surface area contributed by atoms with Crippen molar-refractivity contribution in [1.82, 2.24) is 9.88 Å². The second-order valence-corrected chi connectivity index (χ2v) is 11.0. The summed E-state index contributed by atoms with van der Waals surface area (Å²) in [6.45, 7) is 2.69. The van der Waals surface area contributed by atoms with Crippen LogP contribution in [-0.4, -0.2) is 59.2 Å². The van der Waals surface area contributed by atoms with E-state index in [2.05, 4.69) is 27.4 Å². The monoisotopic (exact) mass is 498 g/mol. The number of hydrogen-bond donors (Lipinski definition) is 1. The molecule has 3 aromatic rings. The van der Waals surface area contributed by atoms with Gasteiger partial charge in [-0.3, -0.25) is 14.6 Å². The topological polar surface area (TPSA) is 79.7 Å². The van der Waals surface area contributed by atoms with Gasteiger partial charge in [0.15, 0.2) is 5.78 Å². The summed E-state index contributed by atoms with van der Waals surface area (Å²) in [6.07, 6.45) is 3.87. The first-order valence-electron chi connectivity index (χ1n) is 11.6. The Balaban J connectivity index is 1.36. The first-order valence-corrected chi connectivity index (χ1v) is 13.5. The van der Waals surface area contributed by atoms with Crippen molar-refractivity contribution >= 4 is 45.8 Å². The summed E-state index contributed by atoms with van der Waals surface area (Å²) < 4.78 is 6.64. The van der Waals surface area contributed by atoms with E-state index in [9.17, 15) is 14.7 Å². The fourth-order valence-corrected chi connectivity index (χ4v) is 6.63. The molecule has 8 heteroatoms. The number of aliphatic carboxylic acids is 1. The zero-order chi connectivity index (χ0) is 23.9. The van der Waals surface area contributed by atoms with Gasteiger partial charge in [0.05, 0.1) is 16.8 Å². The zero-order valence-electron chi connectivity index (χ0n) is 19.3. The van der Waals surface area contributed by atoms with Crippen molar-refractivity contribution in [1.29, 1.82) is 0 Å². The highest BCUT2D eigenvalue weighted by molar-refractivity contribution is 8.01. The molecule has 3 heterocycles. The second-order valence-electron chi connectivity index (χ2n) is 8.69. The number of methoxy groups -OCH3 is 1. The molecule has 34 heavy (non-hydrogen) atoms. The van der Waals surface area contributed by atoms with Crippen LogP contribution in [0.2, 0.25) is 0 Å². The highest BCUT2D eigenvalue weighted by Gasteiger charge is 2.31. The molecule has 0 saturated carbocycles. The smallest absolute Gasteiger partial charge is 0.303 e. The molecule has 0 radical (unpaired) electrons. The summed E-state index contributed by atoms with van der Waals surface area (Å²) in [5.41, 5.74) is 1.42. The maximum Gasteiger partial charge on any atom is 0.303 e. The fourth-order valence-electron chi connectivity index (χ4n) is 4.76. The van der Waals surface area contributed by atoms with Crippen LogP contribution in [0.4, 0.5) is 0 Å². The van der Waals surface area contributed by atoms with Gasteiger partial charge < -0.3 is 14.7 Å². The standard InChI is InChI=1S/C26H30N2O4S2/c1-32-20-5-6-23-22(16-20)21(8-10-27-23)24(29)7-4-18-9-11-28(17-19(18)15-25(30)31)12-14-34-26-3-2-13-33-26/h2-3,5-6,8,10,13,16,18-19H,4,7,9,11-12,14-15,17H2,1H3,(H,30,31). The highest BCUT2D eigenvalue weighted by atomic mass is 32.2. The molecule has 2 unspecified atom stereocenters. The van der Waals surface area contributed by atoms with Gasteiger partial charge >= 0.3 is 5.97 Å². The normalized spacial score (nSPS) is 18.7. The number of Topliss-reactive ketones (excluding diaryl/α,β-unsaturated/α-hetero) is 1. The molecule has 1 aromatic carbocycles. The molecule has 2 aromatic heterocycles. The van der Waals surface area contributed by atoms with Gasteiger partial charge in [-0.1, -0.05) is 6.07 Å². The van der Waals surface area contributed by atoms with Gasteiger partial charge in [0, 0.05) is 48.8 Å². The molecule has 1 N–H and O–H groups in total. The minimum absolute atomic E-state index is 0.0695. The Morgan fingerprint density at radius 3 is 2.91 bits per heavy atom. The lowest BCUT2D eigenvalue weighted by molar-refractivity contribution is -0.139. The Morgan fingerprint density at radius 1 is 1.26 bits per heavy atom. The Morgan fingerprint density at radius 2 is 2.15 bits per heavy atom. The van der Waals surface area contributed by atoms with E-state index in [1.807, 2.05) is 30.0 Å². The SMILES string of the molecule is COc1ccc2nccc(C(=O)CCC3CCN(CCSc4cccs4)CC3CC(=O)O)c2c1. The lowest BCUT2D eigenvalue weighted by Crippen LogP contribution is -2.42. The number of thioether (sulfide) groups is 1. The number of aromatic nitrogens is 1. The molecule has 2 atom stereocenters. The third-order valence-corrected chi connectivity index (χ3v) is 8.66. The molecule has 1 aliphatic heterocycles. The molecular weight excluding hydrogens is 468 g/mol. The number of thiophene rings is 1. The van der Waals surface area contributed by atoms with E-state index in [0.29, 0.717) is 24.2 Å². The molecular formula is C26H30N2O4S2. The number of carboxylic acid groups (broad SMARTS) is 1. The first kappa shape index (κ1) is 24.7. The number of ketones is 1. The summed E-state index contributed by atoms with van der Waals surface area (Å²) in [7, 11) is 1.61. The van der Waals surface area contributed by atoms with Crippen LogP contribution in [0.25, 0.3) is 10.9 Å². The van der Waals surface area contributed by atoms with Crippen molar-refractivity contribution in [3.8, 4) is 5.75 Å². The fraction of sp³-hybridized carbons (Fsp3) is 0.423. The van der Waals surface area contributed by atoms with E-state index < -0.39 is 5.97 Å². The maximum atomic E-state index is 13.2. The minimum Gasteiger partial charge on any atom is -0.497 e. The molecule has 1 fully saturated rings. The molecule has 1 aliphatic rings. The summed E-state index contributed by atoms with van der Waals surface area (Å²) in [4.78, 5) is 31.4. The van der Waals surface area contributed by atoms with E-state index >= 15 is 0 Å². The number of nitrogens with zero attached hydrogens (tertiary/aromatic N) is 2. The minimum atomic E-state index is -0.761. The highest BCUT2D eigenvalue weighted by Crippen LogP contribution is 2.32. The molecule has 0 bridgehead atoms. The lowest BCUT2D eigenvalue weighted by Gasteiger charge is -2.38. The Hall–Kier alpha value is -2.42. The third kappa shape index (κ3) is 6.37. The van der Waals surface area contributed by atoms with Crippen LogP contribution in [0.3, 0.4) is 0 Å².